The lowest BCUT2D eigenvalue weighted by Crippen LogP contribution is -2.47. The molecule has 0 aliphatic heterocycles. The molecule has 2 N–H and O–H groups in total. The molecule has 82 valence electrons. The maximum atomic E-state index is 10.4. The lowest BCUT2D eigenvalue weighted by molar-refractivity contribution is -0.112. The van der Waals surface area contributed by atoms with Crippen molar-refractivity contribution in [1.29, 1.82) is 0 Å². The Kier molecular flexibility index (Phi) is 2.61. The van der Waals surface area contributed by atoms with E-state index >= 15 is 0 Å². The highest BCUT2D eigenvalue weighted by atomic mass is 16.3. The van der Waals surface area contributed by atoms with Gasteiger partial charge in [-0.3, -0.25) is 0 Å². The topological polar surface area (TPSA) is 40.5 Å². The predicted molar refractivity (Wildman–Crippen MR) is 56.0 cm³/mol. The summed E-state index contributed by atoms with van der Waals surface area (Å²) in [6, 6.07) is 0. The van der Waals surface area contributed by atoms with E-state index < -0.39 is 11.2 Å². The van der Waals surface area contributed by atoms with Crippen molar-refractivity contribution in [2.24, 2.45) is 5.92 Å². The van der Waals surface area contributed by atoms with Crippen LogP contribution in [0.15, 0.2) is 0 Å². The average molecular weight is 198 g/mol. The zero-order valence-corrected chi connectivity index (χ0v) is 9.13. The maximum Gasteiger partial charge on any atom is 0.0700 e. The first kappa shape index (κ1) is 10.4. The highest BCUT2D eigenvalue weighted by Crippen LogP contribution is 2.46. The van der Waals surface area contributed by atoms with Crippen LogP contribution in [0.2, 0.25) is 0 Å². The Balaban J connectivity index is 2.09. The highest BCUT2D eigenvalue weighted by molar-refractivity contribution is 5.00. The molecule has 2 fully saturated rings. The molecule has 0 bridgehead atoms. The second kappa shape index (κ2) is 3.49. The van der Waals surface area contributed by atoms with Gasteiger partial charge >= 0.3 is 0 Å². The van der Waals surface area contributed by atoms with E-state index in [0.29, 0.717) is 0 Å². The zero-order chi connectivity index (χ0) is 10.2. The normalized spacial score (nSPS) is 30.0. The van der Waals surface area contributed by atoms with Gasteiger partial charge in [-0.2, -0.15) is 0 Å². The Morgan fingerprint density at radius 2 is 1.07 bits per heavy atom. The molecule has 0 aromatic heterocycles. The van der Waals surface area contributed by atoms with Gasteiger partial charge in [0, 0.05) is 5.92 Å². The molecule has 0 atom stereocenters. The molecular weight excluding hydrogens is 176 g/mol. The van der Waals surface area contributed by atoms with Crippen molar-refractivity contribution in [2.45, 2.75) is 69.5 Å². The van der Waals surface area contributed by atoms with Gasteiger partial charge in [0.25, 0.3) is 0 Å². The average Bonchev–Trinajstić information content (AvgIpc) is 2.75. The van der Waals surface area contributed by atoms with E-state index in [1.54, 1.807) is 0 Å². The molecule has 0 aromatic rings. The Bertz CT molecular complexity index is 178. The van der Waals surface area contributed by atoms with Gasteiger partial charge in [0.05, 0.1) is 11.2 Å². The molecule has 2 aliphatic carbocycles. The standard InChI is InChI=1S/C12H22O2/c1-10(11(13)6-2-3-7-11)12(14)8-4-5-9-12/h10,13-14H,2-9H2,1H3. The fraction of sp³-hybridized carbons (Fsp3) is 1.00. The van der Waals surface area contributed by atoms with Crippen LogP contribution >= 0.6 is 0 Å². The van der Waals surface area contributed by atoms with Gasteiger partial charge in [0.2, 0.25) is 0 Å². The van der Waals surface area contributed by atoms with E-state index in [1.807, 2.05) is 6.92 Å². The lowest BCUT2D eigenvalue weighted by atomic mass is 9.74. The van der Waals surface area contributed by atoms with Crippen molar-refractivity contribution in [3.05, 3.63) is 0 Å². The van der Waals surface area contributed by atoms with Crippen molar-refractivity contribution in [3.8, 4) is 0 Å². The van der Waals surface area contributed by atoms with Crippen molar-refractivity contribution in [2.75, 3.05) is 0 Å². The summed E-state index contributed by atoms with van der Waals surface area (Å²) in [5.74, 6) is 0.0556. The molecule has 0 unspecified atom stereocenters. The summed E-state index contributed by atoms with van der Waals surface area (Å²) >= 11 is 0. The minimum absolute atomic E-state index is 0.0556. The lowest BCUT2D eigenvalue weighted by Gasteiger charge is -2.40. The molecule has 2 heteroatoms. The molecule has 0 radical (unpaired) electrons. The van der Waals surface area contributed by atoms with Crippen LogP contribution < -0.4 is 0 Å². The van der Waals surface area contributed by atoms with E-state index in [0.717, 1.165) is 51.4 Å². The Morgan fingerprint density at radius 3 is 1.36 bits per heavy atom. The van der Waals surface area contributed by atoms with Gasteiger partial charge in [-0.25, -0.2) is 0 Å². The molecule has 2 nitrogen and oxygen atoms in total. The van der Waals surface area contributed by atoms with Crippen LogP contribution in [0.3, 0.4) is 0 Å². The van der Waals surface area contributed by atoms with E-state index in [9.17, 15) is 10.2 Å². The third-order valence-electron chi connectivity index (χ3n) is 4.55. The first-order chi connectivity index (χ1) is 6.57. The Hall–Kier alpha value is -0.0800. The molecule has 0 spiro atoms. The van der Waals surface area contributed by atoms with Gasteiger partial charge < -0.3 is 10.2 Å². The fourth-order valence-corrected chi connectivity index (χ4v) is 3.34. The quantitative estimate of drug-likeness (QED) is 0.714. The summed E-state index contributed by atoms with van der Waals surface area (Å²) in [7, 11) is 0. The van der Waals surface area contributed by atoms with E-state index in [4.69, 9.17) is 0 Å². The van der Waals surface area contributed by atoms with Crippen LogP contribution in [0.1, 0.15) is 58.3 Å². The van der Waals surface area contributed by atoms with Gasteiger partial charge in [-0.05, 0) is 25.7 Å². The number of hydrogen-bond donors (Lipinski definition) is 2. The molecule has 0 heterocycles. The van der Waals surface area contributed by atoms with Gasteiger partial charge in [0.1, 0.15) is 0 Å². The van der Waals surface area contributed by atoms with E-state index in [2.05, 4.69) is 0 Å². The van der Waals surface area contributed by atoms with Crippen LogP contribution in [0.4, 0.5) is 0 Å². The van der Waals surface area contributed by atoms with Gasteiger partial charge in [-0.1, -0.05) is 32.6 Å². The molecule has 2 aliphatic rings. The summed E-state index contributed by atoms with van der Waals surface area (Å²) in [5, 5.41) is 20.9. The van der Waals surface area contributed by atoms with Crippen molar-refractivity contribution < 1.29 is 10.2 Å². The van der Waals surface area contributed by atoms with Crippen LogP contribution in [-0.4, -0.2) is 21.4 Å². The summed E-state index contributed by atoms with van der Waals surface area (Å²) in [6.07, 6.45) is 8.03. The highest BCUT2D eigenvalue weighted by Gasteiger charge is 2.48. The second-order valence-electron chi connectivity index (χ2n) is 5.34. The SMILES string of the molecule is CC(C1(O)CCCC1)C1(O)CCCC1. The summed E-state index contributed by atoms with van der Waals surface area (Å²) in [6.45, 7) is 2.04. The first-order valence-corrected chi connectivity index (χ1v) is 6.02. The van der Waals surface area contributed by atoms with Gasteiger partial charge in [0.15, 0.2) is 0 Å². The molecule has 2 rings (SSSR count). The smallest absolute Gasteiger partial charge is 0.0700 e. The predicted octanol–water partition coefficient (Wildman–Crippen LogP) is 2.23. The molecule has 0 saturated heterocycles. The van der Waals surface area contributed by atoms with E-state index in [-0.39, 0.29) is 5.92 Å². The molecule has 2 saturated carbocycles. The third-order valence-corrected chi connectivity index (χ3v) is 4.55. The summed E-state index contributed by atoms with van der Waals surface area (Å²) in [5.41, 5.74) is -1.14. The van der Waals surface area contributed by atoms with Crippen LogP contribution in [0.5, 0.6) is 0 Å². The zero-order valence-electron chi connectivity index (χ0n) is 9.13. The number of rotatable bonds is 2. The minimum Gasteiger partial charge on any atom is -0.390 e. The molecule has 0 amide bonds. The molecule has 0 aromatic carbocycles. The van der Waals surface area contributed by atoms with Crippen molar-refractivity contribution in [1.82, 2.24) is 0 Å². The summed E-state index contributed by atoms with van der Waals surface area (Å²) < 4.78 is 0. The van der Waals surface area contributed by atoms with Crippen molar-refractivity contribution in [3.63, 3.8) is 0 Å². The Morgan fingerprint density at radius 1 is 0.786 bits per heavy atom. The maximum absolute atomic E-state index is 10.4. The van der Waals surface area contributed by atoms with Crippen molar-refractivity contribution >= 4 is 0 Å². The fourth-order valence-electron chi connectivity index (χ4n) is 3.34. The Labute approximate surface area is 86.3 Å². The number of aliphatic hydroxyl groups is 2. The van der Waals surface area contributed by atoms with Crippen LogP contribution in [0, 0.1) is 5.92 Å². The van der Waals surface area contributed by atoms with Crippen LogP contribution in [-0.2, 0) is 0 Å². The monoisotopic (exact) mass is 198 g/mol. The minimum atomic E-state index is -0.570. The molecular formula is C12H22O2. The van der Waals surface area contributed by atoms with Gasteiger partial charge in [-0.15, -0.1) is 0 Å². The van der Waals surface area contributed by atoms with E-state index in [1.165, 1.54) is 0 Å². The summed E-state index contributed by atoms with van der Waals surface area (Å²) in [4.78, 5) is 0. The third kappa shape index (κ3) is 1.59. The second-order valence-corrected chi connectivity index (χ2v) is 5.34. The number of hydrogen-bond acceptors (Lipinski definition) is 2. The largest absolute Gasteiger partial charge is 0.390 e. The van der Waals surface area contributed by atoms with Crippen LogP contribution in [0.25, 0.3) is 0 Å². The first-order valence-electron chi connectivity index (χ1n) is 6.02. The molecule has 14 heavy (non-hydrogen) atoms.